The predicted molar refractivity (Wildman–Crippen MR) is 112 cm³/mol. The highest BCUT2D eigenvalue weighted by molar-refractivity contribution is 6.13. The summed E-state index contributed by atoms with van der Waals surface area (Å²) >= 11 is 0. The molecule has 0 radical (unpaired) electrons. The third-order valence-corrected chi connectivity index (χ3v) is 4.71. The van der Waals surface area contributed by atoms with Gasteiger partial charge < -0.3 is 15.2 Å². The monoisotopic (exact) mass is 390 g/mol. The van der Waals surface area contributed by atoms with Crippen molar-refractivity contribution in [2.75, 3.05) is 0 Å². The van der Waals surface area contributed by atoms with Crippen LogP contribution in [0.3, 0.4) is 0 Å². The van der Waals surface area contributed by atoms with Crippen molar-refractivity contribution in [2.24, 2.45) is 4.99 Å². The first kappa shape index (κ1) is 18.8. The van der Waals surface area contributed by atoms with E-state index in [1.165, 1.54) is 0 Å². The number of hydrogen-bond donors (Lipinski definition) is 3. The Hall–Kier alpha value is -3.52. The van der Waals surface area contributed by atoms with Gasteiger partial charge in [-0.2, -0.15) is 5.10 Å². The lowest BCUT2D eigenvalue weighted by atomic mass is 10.0. The van der Waals surface area contributed by atoms with E-state index in [2.05, 4.69) is 25.0 Å². The summed E-state index contributed by atoms with van der Waals surface area (Å²) in [5, 5.41) is 25.0. The van der Waals surface area contributed by atoms with Crippen LogP contribution in [0.25, 0.3) is 22.2 Å². The van der Waals surface area contributed by atoms with Gasteiger partial charge in [0.1, 0.15) is 5.69 Å². The lowest BCUT2D eigenvalue weighted by Crippen LogP contribution is -2.11. The van der Waals surface area contributed by atoms with E-state index in [1.54, 1.807) is 42.6 Å². The molecular formula is C21H22N6O2. The van der Waals surface area contributed by atoms with Gasteiger partial charge in [-0.15, -0.1) is 0 Å². The second-order valence-corrected chi connectivity index (χ2v) is 7.12. The van der Waals surface area contributed by atoms with Gasteiger partial charge in [0, 0.05) is 23.3 Å². The van der Waals surface area contributed by atoms with Crippen LogP contribution < -0.4 is 0 Å². The van der Waals surface area contributed by atoms with Crippen molar-refractivity contribution >= 4 is 22.3 Å². The van der Waals surface area contributed by atoms with Crippen LogP contribution in [0.1, 0.15) is 25.0 Å². The average molecular weight is 390 g/mol. The van der Waals surface area contributed by atoms with Crippen molar-refractivity contribution < 1.29 is 10.2 Å². The van der Waals surface area contributed by atoms with Gasteiger partial charge in [-0.1, -0.05) is 0 Å². The van der Waals surface area contributed by atoms with Crippen LogP contribution >= 0.6 is 0 Å². The summed E-state index contributed by atoms with van der Waals surface area (Å²) in [4.78, 5) is 16.3. The van der Waals surface area contributed by atoms with Crippen LogP contribution in [-0.2, 0) is 6.54 Å². The van der Waals surface area contributed by atoms with Crippen molar-refractivity contribution in [3.63, 3.8) is 0 Å². The Balaban J connectivity index is 1.76. The number of pyridine rings is 2. The predicted octanol–water partition coefficient (Wildman–Crippen LogP) is 3.36. The fraction of sp³-hybridized carbons (Fsp3) is 0.238. The van der Waals surface area contributed by atoms with E-state index in [9.17, 15) is 10.2 Å². The van der Waals surface area contributed by atoms with Gasteiger partial charge in [0.05, 0.1) is 53.7 Å². The number of nitrogens with zero attached hydrogens (tertiary/aromatic N) is 5. The first-order valence-electron chi connectivity index (χ1n) is 9.30. The molecule has 1 unspecified atom stereocenters. The maximum absolute atomic E-state index is 10.5. The summed E-state index contributed by atoms with van der Waals surface area (Å²) in [5.41, 5.74) is 5.43. The molecule has 0 saturated carbocycles. The fourth-order valence-corrected chi connectivity index (χ4v) is 3.36. The van der Waals surface area contributed by atoms with Crippen molar-refractivity contribution in [3.8, 4) is 17.1 Å². The summed E-state index contributed by atoms with van der Waals surface area (Å²) in [6.07, 6.45) is 8.13. The Morgan fingerprint density at radius 1 is 1.31 bits per heavy atom. The molecule has 4 heterocycles. The van der Waals surface area contributed by atoms with E-state index in [0.717, 1.165) is 27.7 Å². The zero-order valence-electron chi connectivity index (χ0n) is 16.5. The van der Waals surface area contributed by atoms with E-state index in [4.69, 9.17) is 0 Å². The third-order valence-electron chi connectivity index (χ3n) is 4.71. The molecule has 0 amide bonds. The van der Waals surface area contributed by atoms with Crippen molar-refractivity contribution in [1.82, 2.24) is 24.7 Å². The van der Waals surface area contributed by atoms with E-state index < -0.39 is 6.10 Å². The number of aromatic amines is 1. The SMILES string of the molecule is CC(=Nc1cnn(CC(C)O)c1)c1c(O)[nH]c2cnc(-c3cnccc3C)cc12. The van der Waals surface area contributed by atoms with Gasteiger partial charge in [0.15, 0.2) is 5.88 Å². The molecule has 4 aromatic heterocycles. The average Bonchev–Trinajstić information content (AvgIpc) is 3.23. The summed E-state index contributed by atoms with van der Waals surface area (Å²) in [5.74, 6) is 0.0412. The smallest absolute Gasteiger partial charge is 0.198 e. The van der Waals surface area contributed by atoms with E-state index in [-0.39, 0.29) is 5.88 Å². The summed E-state index contributed by atoms with van der Waals surface area (Å²) in [7, 11) is 0. The molecule has 0 aliphatic heterocycles. The number of aromatic nitrogens is 5. The highest BCUT2D eigenvalue weighted by Crippen LogP contribution is 2.32. The minimum atomic E-state index is -0.493. The number of aromatic hydroxyl groups is 1. The van der Waals surface area contributed by atoms with Crippen LogP contribution in [0.4, 0.5) is 5.69 Å². The molecule has 0 aliphatic carbocycles. The van der Waals surface area contributed by atoms with Crippen LogP contribution in [0.2, 0.25) is 0 Å². The van der Waals surface area contributed by atoms with Gasteiger partial charge >= 0.3 is 0 Å². The van der Waals surface area contributed by atoms with Crippen molar-refractivity contribution in [3.05, 3.63) is 54.2 Å². The summed E-state index contributed by atoms with van der Waals surface area (Å²) < 4.78 is 1.64. The Morgan fingerprint density at radius 3 is 2.90 bits per heavy atom. The lowest BCUT2D eigenvalue weighted by molar-refractivity contribution is 0.168. The zero-order chi connectivity index (χ0) is 20.5. The maximum atomic E-state index is 10.5. The molecule has 8 nitrogen and oxygen atoms in total. The standard InChI is InChI=1S/C21H22N6O2/c1-12-4-5-22-8-17(12)18-6-16-19(9-23-18)26-21(29)20(16)14(3)25-15-7-24-27(11-15)10-13(2)28/h4-9,11,13,26,28-29H,10H2,1-3H3. The Labute approximate surface area is 167 Å². The molecule has 0 saturated heterocycles. The number of aliphatic hydroxyl groups is 1. The molecule has 4 rings (SSSR count). The van der Waals surface area contributed by atoms with Gasteiger partial charge in [0.25, 0.3) is 0 Å². The minimum Gasteiger partial charge on any atom is -0.494 e. The number of fused-ring (bicyclic) bond motifs is 1. The topological polar surface area (TPSA) is 112 Å². The Kier molecular flexibility index (Phi) is 4.85. The van der Waals surface area contributed by atoms with E-state index >= 15 is 0 Å². The second-order valence-electron chi connectivity index (χ2n) is 7.12. The highest BCUT2D eigenvalue weighted by atomic mass is 16.3. The van der Waals surface area contributed by atoms with E-state index in [0.29, 0.717) is 23.5 Å². The number of nitrogens with one attached hydrogen (secondary N) is 1. The first-order valence-corrected chi connectivity index (χ1v) is 9.30. The largest absolute Gasteiger partial charge is 0.494 e. The van der Waals surface area contributed by atoms with Gasteiger partial charge in [0.2, 0.25) is 0 Å². The molecule has 3 N–H and O–H groups in total. The van der Waals surface area contributed by atoms with Gasteiger partial charge in [-0.3, -0.25) is 14.6 Å². The molecule has 0 aromatic carbocycles. The zero-order valence-corrected chi connectivity index (χ0v) is 16.5. The molecule has 4 aromatic rings. The summed E-state index contributed by atoms with van der Waals surface area (Å²) in [6, 6.07) is 3.87. The number of H-pyrrole nitrogens is 1. The maximum Gasteiger partial charge on any atom is 0.198 e. The Bertz CT molecular complexity index is 1210. The van der Waals surface area contributed by atoms with Crippen LogP contribution in [-0.4, -0.2) is 46.8 Å². The van der Waals surface area contributed by atoms with Crippen molar-refractivity contribution in [1.29, 1.82) is 0 Å². The molecule has 0 aliphatic rings. The molecule has 0 fully saturated rings. The number of rotatable bonds is 5. The number of aliphatic hydroxyl groups excluding tert-OH is 1. The third kappa shape index (κ3) is 3.74. The van der Waals surface area contributed by atoms with Crippen LogP contribution in [0.5, 0.6) is 5.88 Å². The molecule has 1 atom stereocenters. The second kappa shape index (κ2) is 7.48. The number of aliphatic imine (C=N–C) groups is 1. The molecule has 148 valence electrons. The number of hydrogen-bond acceptors (Lipinski definition) is 6. The molecule has 0 bridgehead atoms. The van der Waals surface area contributed by atoms with Crippen molar-refractivity contribution in [2.45, 2.75) is 33.4 Å². The minimum absolute atomic E-state index is 0.0412. The number of aryl methyl sites for hydroxylation is 1. The fourth-order valence-electron chi connectivity index (χ4n) is 3.36. The highest BCUT2D eigenvalue weighted by Gasteiger charge is 2.16. The first-order chi connectivity index (χ1) is 13.9. The lowest BCUT2D eigenvalue weighted by Gasteiger charge is -2.05. The summed E-state index contributed by atoms with van der Waals surface area (Å²) in [6.45, 7) is 5.95. The molecule has 0 spiro atoms. The van der Waals surface area contributed by atoms with Gasteiger partial charge in [-0.05, 0) is 38.5 Å². The molecule has 29 heavy (non-hydrogen) atoms. The van der Waals surface area contributed by atoms with Gasteiger partial charge in [-0.25, -0.2) is 4.99 Å². The van der Waals surface area contributed by atoms with Crippen LogP contribution in [0.15, 0.2) is 48.1 Å². The van der Waals surface area contributed by atoms with E-state index in [1.807, 2.05) is 26.0 Å². The quantitative estimate of drug-likeness (QED) is 0.452. The Morgan fingerprint density at radius 2 is 2.14 bits per heavy atom. The van der Waals surface area contributed by atoms with Crippen LogP contribution in [0, 0.1) is 6.92 Å². The normalized spacial score (nSPS) is 13.2. The molecular weight excluding hydrogens is 368 g/mol. The molecule has 8 heteroatoms.